The molecule has 0 aliphatic carbocycles. The van der Waals surface area contributed by atoms with E-state index in [4.69, 9.17) is 11.5 Å². The van der Waals surface area contributed by atoms with Gasteiger partial charge in [-0.25, -0.2) is 4.98 Å². The number of benzene rings is 1. The third kappa shape index (κ3) is 4.44. The second-order valence-corrected chi connectivity index (χ2v) is 5.75. The molecule has 0 unspecified atom stereocenters. The van der Waals surface area contributed by atoms with Gasteiger partial charge in [-0.15, -0.1) is 0 Å². The number of hydrogen-bond donors (Lipinski definition) is 3. The molecule has 0 fully saturated rings. The first-order valence-electron chi connectivity index (χ1n) is 6.84. The van der Waals surface area contributed by atoms with Crippen LogP contribution in [-0.2, 0) is 0 Å². The van der Waals surface area contributed by atoms with Crippen LogP contribution in [0.1, 0.15) is 16.8 Å². The first kappa shape index (κ1) is 16.3. The summed E-state index contributed by atoms with van der Waals surface area (Å²) in [6.07, 6.45) is 4.25. The zero-order chi connectivity index (χ0) is 15.9. The maximum atomic E-state index is 12.2. The lowest BCUT2D eigenvalue weighted by Gasteiger charge is -2.10. The van der Waals surface area contributed by atoms with Gasteiger partial charge in [-0.05, 0) is 48.8 Å². The number of nitrogens with two attached hydrogens (primary N) is 2. The van der Waals surface area contributed by atoms with Crippen LogP contribution in [-0.4, -0.2) is 33.8 Å². The Morgan fingerprint density at radius 1 is 1.32 bits per heavy atom. The average Bonchev–Trinajstić information content (AvgIpc) is 2.52. The van der Waals surface area contributed by atoms with Gasteiger partial charge in [-0.1, -0.05) is 0 Å². The van der Waals surface area contributed by atoms with E-state index in [1.165, 1.54) is 0 Å². The van der Waals surface area contributed by atoms with Crippen LogP contribution in [0.5, 0.6) is 0 Å². The molecule has 7 heteroatoms. The monoisotopic (exact) mass is 317 g/mol. The summed E-state index contributed by atoms with van der Waals surface area (Å²) in [6, 6.07) is 8.24. The molecule has 6 nitrogen and oxygen atoms in total. The molecule has 5 N–H and O–H groups in total. The van der Waals surface area contributed by atoms with Crippen molar-refractivity contribution in [1.29, 1.82) is 0 Å². The maximum Gasteiger partial charge on any atom is 0.229 e. The Balaban J connectivity index is 2.02. The molecule has 2 aromatic rings. The van der Waals surface area contributed by atoms with E-state index in [0.717, 1.165) is 11.4 Å². The van der Waals surface area contributed by atoms with E-state index in [2.05, 4.69) is 15.3 Å². The molecular formula is C15H19N5OS. The number of hydrogen-bond acceptors (Lipinski definition) is 7. The number of carbonyl (C=O) groups is 1. The molecule has 22 heavy (non-hydrogen) atoms. The Morgan fingerprint density at radius 2 is 2.05 bits per heavy atom. The van der Waals surface area contributed by atoms with Crippen molar-refractivity contribution in [2.45, 2.75) is 12.5 Å². The molecular weight excluding hydrogens is 298 g/mol. The highest BCUT2D eigenvalue weighted by atomic mass is 32.2. The number of nitrogen functional groups attached to an aromatic ring is 1. The number of nitrogens with one attached hydrogen (secondary N) is 1. The van der Waals surface area contributed by atoms with Gasteiger partial charge in [0.1, 0.15) is 5.82 Å². The molecule has 2 rings (SSSR count). The van der Waals surface area contributed by atoms with Crippen molar-refractivity contribution in [3.63, 3.8) is 0 Å². The second kappa shape index (κ2) is 7.77. The normalized spacial score (nSPS) is 11.9. The highest BCUT2D eigenvalue weighted by molar-refractivity contribution is 7.98. The van der Waals surface area contributed by atoms with Crippen molar-refractivity contribution < 1.29 is 4.79 Å². The maximum absolute atomic E-state index is 12.2. The quantitative estimate of drug-likeness (QED) is 0.671. The van der Waals surface area contributed by atoms with Gasteiger partial charge >= 0.3 is 0 Å². The molecule has 0 bridgehead atoms. The summed E-state index contributed by atoms with van der Waals surface area (Å²) < 4.78 is 0. The van der Waals surface area contributed by atoms with Crippen LogP contribution >= 0.6 is 11.8 Å². The minimum atomic E-state index is -0.455. The molecule has 1 aromatic carbocycles. The first-order chi connectivity index (χ1) is 10.6. The molecule has 1 atom stereocenters. The SMILES string of the molecule is CSCC[C@H](N)C(=O)c1ccc(Nc2nccc(N)n2)cc1. The van der Waals surface area contributed by atoms with E-state index in [9.17, 15) is 4.79 Å². The molecule has 0 saturated carbocycles. The summed E-state index contributed by atoms with van der Waals surface area (Å²) in [5.41, 5.74) is 12.9. The lowest BCUT2D eigenvalue weighted by atomic mass is 10.0. The second-order valence-electron chi connectivity index (χ2n) is 4.76. The van der Waals surface area contributed by atoms with Gasteiger partial charge in [0.2, 0.25) is 5.95 Å². The van der Waals surface area contributed by atoms with Crippen LogP contribution in [0.25, 0.3) is 0 Å². The third-order valence-electron chi connectivity index (χ3n) is 3.07. The molecule has 0 aliphatic rings. The van der Waals surface area contributed by atoms with Crippen molar-refractivity contribution >= 4 is 35.0 Å². The number of carbonyl (C=O) groups excluding carboxylic acids is 1. The van der Waals surface area contributed by atoms with Crippen molar-refractivity contribution in [3.8, 4) is 0 Å². The Kier molecular flexibility index (Phi) is 5.74. The van der Waals surface area contributed by atoms with Crippen molar-refractivity contribution in [3.05, 3.63) is 42.1 Å². The fourth-order valence-corrected chi connectivity index (χ4v) is 2.36. The predicted octanol–water partition coefficient (Wildman–Crippen LogP) is 2.07. The van der Waals surface area contributed by atoms with Crippen LogP contribution in [0.3, 0.4) is 0 Å². The van der Waals surface area contributed by atoms with E-state index in [-0.39, 0.29) is 5.78 Å². The number of aromatic nitrogens is 2. The Morgan fingerprint density at radius 3 is 2.68 bits per heavy atom. The smallest absolute Gasteiger partial charge is 0.229 e. The minimum Gasteiger partial charge on any atom is -0.384 e. The lowest BCUT2D eigenvalue weighted by molar-refractivity contribution is 0.0960. The summed E-state index contributed by atoms with van der Waals surface area (Å²) in [5, 5.41) is 3.03. The van der Waals surface area contributed by atoms with Gasteiger partial charge < -0.3 is 16.8 Å². The summed E-state index contributed by atoms with van der Waals surface area (Å²) in [6.45, 7) is 0. The van der Waals surface area contributed by atoms with Crippen LogP contribution in [0.15, 0.2) is 36.5 Å². The number of nitrogens with zero attached hydrogens (tertiary/aromatic N) is 2. The van der Waals surface area contributed by atoms with Gasteiger partial charge in [0.15, 0.2) is 5.78 Å². The van der Waals surface area contributed by atoms with Crippen molar-refractivity contribution in [2.24, 2.45) is 5.73 Å². The van der Waals surface area contributed by atoms with E-state index in [1.807, 2.05) is 6.26 Å². The Labute approximate surface area is 133 Å². The van der Waals surface area contributed by atoms with Crippen LogP contribution in [0.2, 0.25) is 0 Å². The van der Waals surface area contributed by atoms with E-state index in [1.54, 1.807) is 48.3 Å². The number of rotatable bonds is 7. The number of Topliss-reactive ketones (excluding diaryl/α,β-unsaturated/α-hetero) is 1. The molecule has 0 spiro atoms. The van der Waals surface area contributed by atoms with Gasteiger partial charge in [0, 0.05) is 17.4 Å². The van der Waals surface area contributed by atoms with E-state index in [0.29, 0.717) is 23.8 Å². The standard InChI is InChI=1S/C15H19N5OS/c1-22-9-7-12(16)14(21)10-2-4-11(5-3-10)19-15-18-8-6-13(17)20-15/h2-6,8,12H,7,9,16H2,1H3,(H3,17,18,19,20)/t12-/m0/s1. The molecule has 1 aromatic heterocycles. The molecule has 0 saturated heterocycles. The summed E-state index contributed by atoms with van der Waals surface area (Å²) >= 11 is 1.68. The minimum absolute atomic E-state index is 0.0409. The van der Waals surface area contributed by atoms with E-state index >= 15 is 0 Å². The van der Waals surface area contributed by atoms with Crippen molar-refractivity contribution in [1.82, 2.24) is 9.97 Å². The molecule has 0 radical (unpaired) electrons. The Hall–Kier alpha value is -2.12. The van der Waals surface area contributed by atoms with Gasteiger partial charge in [-0.3, -0.25) is 4.79 Å². The molecule has 1 heterocycles. The van der Waals surface area contributed by atoms with Crippen LogP contribution in [0.4, 0.5) is 17.5 Å². The zero-order valence-corrected chi connectivity index (χ0v) is 13.1. The highest BCUT2D eigenvalue weighted by Gasteiger charge is 2.15. The lowest BCUT2D eigenvalue weighted by Crippen LogP contribution is -2.31. The largest absolute Gasteiger partial charge is 0.384 e. The Bertz CT molecular complexity index is 632. The fraction of sp³-hybridized carbons (Fsp3) is 0.267. The topological polar surface area (TPSA) is 107 Å². The molecule has 0 amide bonds. The number of anilines is 3. The van der Waals surface area contributed by atoms with Gasteiger partial charge in [0.05, 0.1) is 6.04 Å². The summed E-state index contributed by atoms with van der Waals surface area (Å²) in [4.78, 5) is 20.3. The van der Waals surface area contributed by atoms with Crippen LogP contribution < -0.4 is 16.8 Å². The third-order valence-corrected chi connectivity index (χ3v) is 3.72. The first-order valence-corrected chi connectivity index (χ1v) is 8.24. The summed E-state index contributed by atoms with van der Waals surface area (Å²) in [7, 11) is 0. The van der Waals surface area contributed by atoms with Crippen molar-refractivity contribution in [2.75, 3.05) is 23.1 Å². The highest BCUT2D eigenvalue weighted by Crippen LogP contribution is 2.16. The zero-order valence-electron chi connectivity index (χ0n) is 12.3. The molecule has 116 valence electrons. The number of thioether (sulfide) groups is 1. The average molecular weight is 317 g/mol. The summed E-state index contributed by atoms with van der Waals surface area (Å²) in [5.74, 6) is 1.64. The molecule has 0 aliphatic heterocycles. The van der Waals surface area contributed by atoms with Gasteiger partial charge in [-0.2, -0.15) is 16.7 Å². The van der Waals surface area contributed by atoms with Crippen LogP contribution in [0, 0.1) is 0 Å². The van der Waals surface area contributed by atoms with E-state index < -0.39 is 6.04 Å². The number of ketones is 1. The fourth-order valence-electron chi connectivity index (χ4n) is 1.87. The predicted molar refractivity (Wildman–Crippen MR) is 91.5 cm³/mol. The van der Waals surface area contributed by atoms with Gasteiger partial charge in [0.25, 0.3) is 0 Å².